The van der Waals surface area contributed by atoms with E-state index in [1.807, 2.05) is 0 Å². The molecular formula is C15H22N2O3. The highest BCUT2D eigenvalue weighted by atomic mass is 16.5. The van der Waals surface area contributed by atoms with Gasteiger partial charge < -0.3 is 15.2 Å². The minimum absolute atomic E-state index is 0.289. The van der Waals surface area contributed by atoms with Gasteiger partial charge in [0.25, 0.3) is 0 Å². The molecule has 0 bridgehead atoms. The third-order valence-corrected chi connectivity index (χ3v) is 3.60. The summed E-state index contributed by atoms with van der Waals surface area (Å²) in [7, 11) is 1.68. The first-order valence-electron chi connectivity index (χ1n) is 7.21. The Morgan fingerprint density at radius 2 is 2.20 bits per heavy atom. The second-order valence-electron chi connectivity index (χ2n) is 5.13. The molecule has 2 rings (SSSR count). The number of aryl methyl sites for hydroxylation is 2. The zero-order chi connectivity index (χ0) is 14.4. The molecule has 0 saturated carbocycles. The van der Waals surface area contributed by atoms with Gasteiger partial charge in [0.15, 0.2) is 0 Å². The predicted octanol–water partition coefficient (Wildman–Crippen LogP) is 2.50. The maximum Gasteiger partial charge on any atom is 0.339 e. The molecule has 110 valence electrons. The number of nitrogens with zero attached hydrogens (tertiary/aromatic N) is 1. The summed E-state index contributed by atoms with van der Waals surface area (Å²) in [6, 6.07) is 1.79. The summed E-state index contributed by atoms with van der Waals surface area (Å²) in [5.74, 6) is -0.402. The van der Waals surface area contributed by atoms with E-state index < -0.39 is 5.97 Å². The van der Waals surface area contributed by atoms with Crippen LogP contribution in [0.1, 0.15) is 47.3 Å². The quantitative estimate of drug-likeness (QED) is 0.750. The number of aromatic carboxylic acids is 1. The number of rotatable bonds is 7. The average Bonchev–Trinajstić information content (AvgIpc) is 2.46. The largest absolute Gasteiger partial charge is 0.478 e. The van der Waals surface area contributed by atoms with Gasteiger partial charge in [0.1, 0.15) is 11.4 Å². The van der Waals surface area contributed by atoms with E-state index in [0.29, 0.717) is 5.82 Å². The maximum absolute atomic E-state index is 11.3. The Bertz CT molecular complexity index is 474. The van der Waals surface area contributed by atoms with E-state index in [0.717, 1.165) is 62.9 Å². The number of carboxylic acids is 1. The van der Waals surface area contributed by atoms with Crippen LogP contribution < -0.4 is 5.32 Å². The number of methoxy groups -OCH3 is 1. The number of anilines is 1. The summed E-state index contributed by atoms with van der Waals surface area (Å²) >= 11 is 0. The van der Waals surface area contributed by atoms with E-state index >= 15 is 0 Å². The van der Waals surface area contributed by atoms with Gasteiger partial charge in [-0.2, -0.15) is 0 Å². The monoisotopic (exact) mass is 278 g/mol. The number of aromatic nitrogens is 1. The number of carbonyl (C=O) groups is 1. The SMILES string of the molecule is COCCCCNc1nc2c(cc1C(=O)O)CCCC2. The summed E-state index contributed by atoms with van der Waals surface area (Å²) in [6.45, 7) is 1.44. The maximum atomic E-state index is 11.3. The molecule has 0 aliphatic heterocycles. The Hall–Kier alpha value is -1.62. The van der Waals surface area contributed by atoms with Crippen LogP contribution in [0.2, 0.25) is 0 Å². The summed E-state index contributed by atoms with van der Waals surface area (Å²) in [5.41, 5.74) is 2.44. The van der Waals surface area contributed by atoms with Gasteiger partial charge in [0.2, 0.25) is 0 Å². The van der Waals surface area contributed by atoms with E-state index in [2.05, 4.69) is 10.3 Å². The van der Waals surface area contributed by atoms with Crippen molar-refractivity contribution in [3.63, 3.8) is 0 Å². The third-order valence-electron chi connectivity index (χ3n) is 3.60. The fraction of sp³-hybridized carbons (Fsp3) is 0.600. The smallest absolute Gasteiger partial charge is 0.339 e. The first-order valence-corrected chi connectivity index (χ1v) is 7.21. The molecule has 0 amide bonds. The molecule has 0 radical (unpaired) electrons. The summed E-state index contributed by atoms with van der Waals surface area (Å²) < 4.78 is 4.99. The highest BCUT2D eigenvalue weighted by Gasteiger charge is 2.18. The van der Waals surface area contributed by atoms with Gasteiger partial charge in [0.05, 0.1) is 0 Å². The normalized spacial score (nSPS) is 13.8. The van der Waals surface area contributed by atoms with Crippen molar-refractivity contribution >= 4 is 11.8 Å². The number of carboxylic acid groups (broad SMARTS) is 1. The summed E-state index contributed by atoms with van der Waals surface area (Å²) in [4.78, 5) is 15.9. The summed E-state index contributed by atoms with van der Waals surface area (Å²) in [5, 5.41) is 12.5. The van der Waals surface area contributed by atoms with Crippen LogP contribution in [0.25, 0.3) is 0 Å². The van der Waals surface area contributed by atoms with Crippen molar-refractivity contribution in [2.24, 2.45) is 0 Å². The highest BCUT2D eigenvalue weighted by molar-refractivity contribution is 5.93. The van der Waals surface area contributed by atoms with Gasteiger partial charge >= 0.3 is 5.97 Å². The van der Waals surface area contributed by atoms with Crippen LogP contribution >= 0.6 is 0 Å². The highest BCUT2D eigenvalue weighted by Crippen LogP contribution is 2.24. The van der Waals surface area contributed by atoms with Crippen molar-refractivity contribution in [2.45, 2.75) is 38.5 Å². The Balaban J connectivity index is 2.07. The lowest BCUT2D eigenvalue weighted by atomic mass is 9.94. The number of unbranched alkanes of at least 4 members (excludes halogenated alkanes) is 1. The Morgan fingerprint density at radius 3 is 2.95 bits per heavy atom. The number of hydrogen-bond donors (Lipinski definition) is 2. The van der Waals surface area contributed by atoms with E-state index in [1.165, 1.54) is 0 Å². The molecule has 1 heterocycles. The van der Waals surface area contributed by atoms with Crippen LogP contribution in [-0.2, 0) is 17.6 Å². The molecular weight excluding hydrogens is 256 g/mol. The van der Waals surface area contributed by atoms with Crippen molar-refractivity contribution in [3.05, 3.63) is 22.9 Å². The number of nitrogens with one attached hydrogen (secondary N) is 1. The van der Waals surface area contributed by atoms with Crippen molar-refractivity contribution in [1.29, 1.82) is 0 Å². The molecule has 1 aromatic rings. The lowest BCUT2D eigenvalue weighted by molar-refractivity contribution is 0.0697. The predicted molar refractivity (Wildman–Crippen MR) is 77.4 cm³/mol. The van der Waals surface area contributed by atoms with E-state index in [9.17, 15) is 9.90 Å². The molecule has 20 heavy (non-hydrogen) atoms. The van der Waals surface area contributed by atoms with Gasteiger partial charge in [-0.05, 0) is 50.2 Å². The van der Waals surface area contributed by atoms with E-state index in [-0.39, 0.29) is 5.56 Å². The van der Waals surface area contributed by atoms with Crippen molar-refractivity contribution in [3.8, 4) is 0 Å². The van der Waals surface area contributed by atoms with Crippen LogP contribution in [0.3, 0.4) is 0 Å². The van der Waals surface area contributed by atoms with Crippen LogP contribution in [0.5, 0.6) is 0 Å². The number of hydrogen-bond acceptors (Lipinski definition) is 4. The minimum atomic E-state index is -0.912. The second-order valence-corrected chi connectivity index (χ2v) is 5.13. The lowest BCUT2D eigenvalue weighted by Crippen LogP contribution is -2.15. The zero-order valence-electron chi connectivity index (χ0n) is 11.9. The fourth-order valence-corrected chi connectivity index (χ4v) is 2.51. The molecule has 1 aliphatic rings. The third kappa shape index (κ3) is 3.70. The molecule has 0 aromatic carbocycles. The van der Waals surface area contributed by atoms with Gasteiger partial charge in [-0.1, -0.05) is 0 Å². The molecule has 5 heteroatoms. The van der Waals surface area contributed by atoms with E-state index in [1.54, 1.807) is 13.2 Å². The first kappa shape index (κ1) is 14.8. The standard InChI is InChI=1S/C15H22N2O3/c1-20-9-5-4-8-16-14-12(15(18)19)10-11-6-2-3-7-13(11)17-14/h10H,2-9H2,1H3,(H,16,17)(H,18,19). The minimum Gasteiger partial charge on any atom is -0.478 e. The number of fused-ring (bicyclic) bond motifs is 1. The zero-order valence-corrected chi connectivity index (χ0v) is 11.9. The topological polar surface area (TPSA) is 71.5 Å². The Kier molecular flexibility index (Phi) is 5.35. The molecule has 0 unspecified atom stereocenters. The fourth-order valence-electron chi connectivity index (χ4n) is 2.51. The van der Waals surface area contributed by atoms with Crippen LogP contribution in [-0.4, -0.2) is 36.3 Å². The molecule has 1 aromatic heterocycles. The molecule has 1 aliphatic carbocycles. The second kappa shape index (κ2) is 7.24. The number of ether oxygens (including phenoxy) is 1. The molecule has 0 saturated heterocycles. The Morgan fingerprint density at radius 1 is 1.40 bits per heavy atom. The van der Waals surface area contributed by atoms with Gasteiger partial charge in [-0.25, -0.2) is 9.78 Å². The molecule has 2 N–H and O–H groups in total. The summed E-state index contributed by atoms with van der Waals surface area (Å²) in [6.07, 6.45) is 6.05. The Labute approximate surface area is 119 Å². The van der Waals surface area contributed by atoms with Crippen molar-refractivity contribution in [1.82, 2.24) is 4.98 Å². The van der Waals surface area contributed by atoms with Crippen LogP contribution in [0.15, 0.2) is 6.07 Å². The molecule has 0 fully saturated rings. The van der Waals surface area contributed by atoms with Crippen molar-refractivity contribution in [2.75, 3.05) is 25.6 Å². The van der Waals surface area contributed by atoms with Gasteiger partial charge in [-0.3, -0.25) is 0 Å². The van der Waals surface area contributed by atoms with E-state index in [4.69, 9.17) is 4.74 Å². The van der Waals surface area contributed by atoms with Crippen LogP contribution in [0, 0.1) is 0 Å². The average molecular weight is 278 g/mol. The molecule has 0 spiro atoms. The lowest BCUT2D eigenvalue weighted by Gasteiger charge is -2.18. The first-order chi connectivity index (χ1) is 9.72. The van der Waals surface area contributed by atoms with Crippen LogP contribution in [0.4, 0.5) is 5.82 Å². The number of pyridine rings is 1. The molecule has 5 nitrogen and oxygen atoms in total. The molecule has 0 atom stereocenters. The van der Waals surface area contributed by atoms with Gasteiger partial charge in [0, 0.05) is 26.0 Å². The van der Waals surface area contributed by atoms with Crippen molar-refractivity contribution < 1.29 is 14.6 Å². The van der Waals surface area contributed by atoms with Gasteiger partial charge in [-0.15, -0.1) is 0 Å².